The topological polar surface area (TPSA) is 57.6 Å². The summed E-state index contributed by atoms with van der Waals surface area (Å²) in [6, 6.07) is 7.49. The van der Waals surface area contributed by atoms with Crippen molar-refractivity contribution in [2.24, 2.45) is 10.8 Å². The molecule has 1 amide bonds. The molecule has 22 heavy (non-hydrogen) atoms. The fourth-order valence-electron chi connectivity index (χ4n) is 2.97. The SMILES string of the molecule is CC(C)(Cc1cccc(Cl)c1)C(=O)N1CCC(C)(C(=O)O)C1. The van der Waals surface area contributed by atoms with Crippen LogP contribution in [0.15, 0.2) is 24.3 Å². The second kappa shape index (κ2) is 5.92. The minimum atomic E-state index is -0.838. The molecule has 2 rings (SSSR count). The summed E-state index contributed by atoms with van der Waals surface area (Å²) in [6.45, 7) is 6.27. The molecule has 1 heterocycles. The Morgan fingerprint density at radius 1 is 1.41 bits per heavy atom. The van der Waals surface area contributed by atoms with E-state index in [4.69, 9.17) is 11.6 Å². The third kappa shape index (κ3) is 3.43. The first-order valence-electron chi connectivity index (χ1n) is 7.41. The highest BCUT2D eigenvalue weighted by molar-refractivity contribution is 6.30. The lowest BCUT2D eigenvalue weighted by molar-refractivity contribution is -0.148. The van der Waals surface area contributed by atoms with Crippen LogP contribution in [0.1, 0.15) is 32.8 Å². The van der Waals surface area contributed by atoms with E-state index >= 15 is 0 Å². The first-order valence-corrected chi connectivity index (χ1v) is 7.79. The van der Waals surface area contributed by atoms with Gasteiger partial charge in [0.05, 0.1) is 5.41 Å². The minimum Gasteiger partial charge on any atom is -0.481 e. The first-order chi connectivity index (χ1) is 10.1. The van der Waals surface area contributed by atoms with Crippen LogP contribution < -0.4 is 0 Å². The summed E-state index contributed by atoms with van der Waals surface area (Å²) in [6.07, 6.45) is 1.08. The maximum Gasteiger partial charge on any atom is 0.311 e. The Morgan fingerprint density at radius 2 is 2.09 bits per heavy atom. The van der Waals surface area contributed by atoms with E-state index < -0.39 is 16.8 Å². The molecule has 0 spiro atoms. The molecular weight excluding hydrogens is 302 g/mol. The molecule has 5 heteroatoms. The number of hydrogen-bond donors (Lipinski definition) is 1. The zero-order chi connectivity index (χ0) is 16.5. The van der Waals surface area contributed by atoms with Gasteiger partial charge in [0.2, 0.25) is 5.91 Å². The third-order valence-electron chi connectivity index (χ3n) is 4.39. The van der Waals surface area contributed by atoms with Gasteiger partial charge in [0.15, 0.2) is 0 Å². The van der Waals surface area contributed by atoms with Crippen molar-refractivity contribution in [2.75, 3.05) is 13.1 Å². The lowest BCUT2D eigenvalue weighted by Crippen LogP contribution is -2.42. The molecule has 1 aliphatic heterocycles. The Hall–Kier alpha value is -1.55. The lowest BCUT2D eigenvalue weighted by atomic mass is 9.84. The zero-order valence-corrected chi connectivity index (χ0v) is 14.0. The Bertz CT molecular complexity index is 599. The average molecular weight is 324 g/mol. The third-order valence-corrected chi connectivity index (χ3v) is 4.63. The summed E-state index contributed by atoms with van der Waals surface area (Å²) in [7, 11) is 0. The Balaban J connectivity index is 2.10. The quantitative estimate of drug-likeness (QED) is 0.925. The number of likely N-dealkylation sites (tertiary alicyclic amines) is 1. The molecule has 120 valence electrons. The monoisotopic (exact) mass is 323 g/mol. The average Bonchev–Trinajstić information content (AvgIpc) is 2.81. The predicted molar refractivity (Wildman–Crippen MR) is 85.9 cm³/mol. The van der Waals surface area contributed by atoms with E-state index in [0.29, 0.717) is 24.4 Å². The highest BCUT2D eigenvalue weighted by Crippen LogP contribution is 2.34. The van der Waals surface area contributed by atoms with E-state index in [1.165, 1.54) is 0 Å². The summed E-state index contributed by atoms with van der Waals surface area (Å²) < 4.78 is 0. The van der Waals surface area contributed by atoms with Gasteiger partial charge in [-0.15, -0.1) is 0 Å². The van der Waals surface area contributed by atoms with Gasteiger partial charge in [0, 0.05) is 23.5 Å². The standard InChI is InChI=1S/C17H22ClNO3/c1-16(2,10-12-5-4-6-13(18)9-12)14(20)19-8-7-17(3,11-19)15(21)22/h4-6,9H,7-8,10-11H2,1-3H3,(H,21,22). The second-order valence-corrected chi connectivity index (χ2v) is 7.47. The number of benzene rings is 1. The number of carboxylic acid groups (broad SMARTS) is 1. The molecule has 1 unspecified atom stereocenters. The number of amides is 1. The summed E-state index contributed by atoms with van der Waals surface area (Å²) >= 11 is 5.99. The van der Waals surface area contributed by atoms with Crippen molar-refractivity contribution >= 4 is 23.5 Å². The molecule has 0 aromatic heterocycles. The number of carboxylic acids is 1. The molecule has 1 saturated heterocycles. The van der Waals surface area contributed by atoms with Crippen molar-refractivity contribution in [1.29, 1.82) is 0 Å². The van der Waals surface area contributed by atoms with Gasteiger partial charge in [0.1, 0.15) is 0 Å². The van der Waals surface area contributed by atoms with Crippen LogP contribution in [-0.2, 0) is 16.0 Å². The number of aliphatic carboxylic acids is 1. The Labute approximate surface area is 136 Å². The van der Waals surface area contributed by atoms with Gasteiger partial charge >= 0.3 is 5.97 Å². The van der Waals surface area contributed by atoms with Gasteiger partial charge in [-0.1, -0.05) is 37.6 Å². The van der Waals surface area contributed by atoms with E-state index in [1.54, 1.807) is 17.9 Å². The van der Waals surface area contributed by atoms with Crippen molar-refractivity contribution in [3.63, 3.8) is 0 Å². The first kappa shape index (κ1) is 16.8. The van der Waals surface area contributed by atoms with Crippen LogP contribution >= 0.6 is 11.6 Å². The number of carbonyl (C=O) groups is 2. The van der Waals surface area contributed by atoms with Gasteiger partial charge in [-0.05, 0) is 37.5 Å². The van der Waals surface area contributed by atoms with Crippen LogP contribution in [0.5, 0.6) is 0 Å². The summed E-state index contributed by atoms with van der Waals surface area (Å²) in [5.41, 5.74) is -0.415. The van der Waals surface area contributed by atoms with Gasteiger partial charge in [-0.2, -0.15) is 0 Å². The number of hydrogen-bond acceptors (Lipinski definition) is 2. The second-order valence-electron chi connectivity index (χ2n) is 7.03. The molecule has 1 atom stereocenters. The van der Waals surface area contributed by atoms with E-state index in [9.17, 15) is 14.7 Å². The van der Waals surface area contributed by atoms with Gasteiger partial charge in [0.25, 0.3) is 0 Å². The summed E-state index contributed by atoms with van der Waals surface area (Å²) in [5, 5.41) is 9.94. The minimum absolute atomic E-state index is 0.00236. The van der Waals surface area contributed by atoms with Crippen LogP contribution in [0.2, 0.25) is 5.02 Å². The number of halogens is 1. The Morgan fingerprint density at radius 3 is 2.64 bits per heavy atom. The molecule has 1 aromatic rings. The van der Waals surface area contributed by atoms with Gasteiger partial charge in [-0.3, -0.25) is 9.59 Å². The molecule has 1 N–H and O–H groups in total. The van der Waals surface area contributed by atoms with Crippen molar-refractivity contribution < 1.29 is 14.7 Å². The fraction of sp³-hybridized carbons (Fsp3) is 0.529. The summed E-state index contributed by atoms with van der Waals surface area (Å²) in [5.74, 6) is -0.840. The van der Waals surface area contributed by atoms with E-state index in [-0.39, 0.29) is 12.5 Å². The van der Waals surface area contributed by atoms with Crippen LogP contribution in [0.4, 0.5) is 0 Å². The van der Waals surface area contributed by atoms with Crippen molar-refractivity contribution in [2.45, 2.75) is 33.6 Å². The predicted octanol–water partition coefficient (Wildman–Crippen LogP) is 3.23. The molecule has 4 nitrogen and oxygen atoms in total. The largest absolute Gasteiger partial charge is 0.481 e. The Kier molecular flexibility index (Phi) is 4.52. The fourth-order valence-corrected chi connectivity index (χ4v) is 3.18. The molecule has 1 aromatic carbocycles. The van der Waals surface area contributed by atoms with Gasteiger partial charge < -0.3 is 10.0 Å². The number of nitrogens with zero attached hydrogens (tertiary/aromatic N) is 1. The van der Waals surface area contributed by atoms with Crippen LogP contribution in [0.25, 0.3) is 0 Å². The maximum atomic E-state index is 12.8. The van der Waals surface area contributed by atoms with E-state index in [1.807, 2.05) is 32.0 Å². The highest BCUT2D eigenvalue weighted by Gasteiger charge is 2.44. The lowest BCUT2D eigenvalue weighted by Gasteiger charge is -2.30. The van der Waals surface area contributed by atoms with Crippen LogP contribution in [-0.4, -0.2) is 35.0 Å². The molecule has 1 aliphatic rings. The van der Waals surface area contributed by atoms with E-state index in [2.05, 4.69) is 0 Å². The molecule has 0 saturated carbocycles. The highest BCUT2D eigenvalue weighted by atomic mass is 35.5. The number of rotatable bonds is 4. The van der Waals surface area contributed by atoms with Crippen LogP contribution in [0.3, 0.4) is 0 Å². The normalized spacial score (nSPS) is 21.9. The van der Waals surface area contributed by atoms with Crippen molar-refractivity contribution in [3.05, 3.63) is 34.9 Å². The number of carbonyl (C=O) groups excluding carboxylic acids is 1. The van der Waals surface area contributed by atoms with Crippen molar-refractivity contribution in [3.8, 4) is 0 Å². The molecule has 0 bridgehead atoms. The van der Waals surface area contributed by atoms with Gasteiger partial charge in [-0.25, -0.2) is 0 Å². The van der Waals surface area contributed by atoms with Crippen molar-refractivity contribution in [1.82, 2.24) is 4.90 Å². The molecule has 0 aliphatic carbocycles. The molecule has 1 fully saturated rings. The smallest absolute Gasteiger partial charge is 0.311 e. The van der Waals surface area contributed by atoms with Crippen LogP contribution in [0, 0.1) is 10.8 Å². The molecular formula is C17H22ClNO3. The molecule has 0 radical (unpaired) electrons. The summed E-state index contributed by atoms with van der Waals surface area (Å²) in [4.78, 5) is 25.8. The van der Waals surface area contributed by atoms with E-state index in [0.717, 1.165) is 5.56 Å². The maximum absolute atomic E-state index is 12.8. The zero-order valence-electron chi connectivity index (χ0n) is 13.2.